The first-order valence-corrected chi connectivity index (χ1v) is 10.7. The van der Waals surface area contributed by atoms with Crippen LogP contribution in [0, 0.1) is 40.4 Å². The molecule has 0 spiro atoms. The minimum atomic E-state index is -0.966. The Hall–Kier alpha value is -3.74. The molecule has 1 N–H and O–H groups in total. The van der Waals surface area contributed by atoms with E-state index in [0.29, 0.717) is 11.4 Å². The number of carbonyl (C=O) groups excluding carboxylic acids is 2. The molecule has 1 heterocycles. The predicted octanol–water partition coefficient (Wildman–Crippen LogP) is 5.14. The van der Waals surface area contributed by atoms with Gasteiger partial charge in [0, 0.05) is 23.0 Å². The number of ether oxygens (including phenoxy) is 1. The van der Waals surface area contributed by atoms with Crippen molar-refractivity contribution >= 4 is 23.6 Å². The number of amides is 1. The van der Waals surface area contributed by atoms with Crippen molar-refractivity contribution in [1.82, 2.24) is 9.78 Å². The second kappa shape index (κ2) is 9.81. The third kappa shape index (κ3) is 5.55. The first-order chi connectivity index (χ1) is 15.6. The van der Waals surface area contributed by atoms with Crippen molar-refractivity contribution in [3.63, 3.8) is 0 Å². The summed E-state index contributed by atoms with van der Waals surface area (Å²) in [6.07, 6.45) is 1.92. The maximum Gasteiger partial charge on any atom is 0.331 e. The number of benzene rings is 2. The number of esters is 1. The molecule has 0 fully saturated rings. The number of rotatable bonds is 6. The minimum Gasteiger partial charge on any atom is -0.449 e. The zero-order valence-electron chi connectivity index (χ0n) is 19.7. The van der Waals surface area contributed by atoms with Crippen molar-refractivity contribution in [2.75, 3.05) is 5.32 Å². The summed E-state index contributed by atoms with van der Waals surface area (Å²) in [7, 11) is 0. The highest BCUT2D eigenvalue weighted by Crippen LogP contribution is 2.23. The summed E-state index contributed by atoms with van der Waals surface area (Å²) in [6, 6.07) is 9.97. The van der Waals surface area contributed by atoms with Crippen molar-refractivity contribution in [2.45, 2.75) is 47.6 Å². The Morgan fingerprint density at radius 1 is 1.06 bits per heavy atom. The van der Waals surface area contributed by atoms with E-state index in [0.717, 1.165) is 33.6 Å². The molecule has 2 aromatic carbocycles. The van der Waals surface area contributed by atoms with Gasteiger partial charge in [-0.3, -0.25) is 4.79 Å². The van der Waals surface area contributed by atoms with Crippen molar-refractivity contribution in [3.8, 4) is 5.69 Å². The van der Waals surface area contributed by atoms with Crippen LogP contribution >= 0.6 is 0 Å². The number of halogens is 1. The van der Waals surface area contributed by atoms with Gasteiger partial charge in [-0.1, -0.05) is 17.7 Å². The van der Waals surface area contributed by atoms with E-state index in [4.69, 9.17) is 4.74 Å². The van der Waals surface area contributed by atoms with Crippen molar-refractivity contribution in [1.29, 1.82) is 0 Å². The summed E-state index contributed by atoms with van der Waals surface area (Å²) in [5.41, 5.74) is 6.69. The highest BCUT2D eigenvalue weighted by Gasteiger charge is 2.19. The number of nitrogens with zero attached hydrogens (tertiary/aromatic N) is 2. The monoisotopic (exact) mass is 449 g/mol. The van der Waals surface area contributed by atoms with Crippen LogP contribution in [0.4, 0.5) is 10.1 Å². The normalized spacial score (nSPS) is 12.1. The number of carbonyl (C=O) groups is 2. The lowest BCUT2D eigenvalue weighted by Gasteiger charge is -2.16. The van der Waals surface area contributed by atoms with E-state index in [9.17, 15) is 14.0 Å². The largest absolute Gasteiger partial charge is 0.449 e. The van der Waals surface area contributed by atoms with Gasteiger partial charge >= 0.3 is 5.97 Å². The lowest BCUT2D eigenvalue weighted by atomic mass is 10.0. The molecule has 6 nitrogen and oxygen atoms in total. The van der Waals surface area contributed by atoms with E-state index >= 15 is 0 Å². The van der Waals surface area contributed by atoms with Crippen molar-refractivity contribution in [3.05, 3.63) is 81.9 Å². The fourth-order valence-electron chi connectivity index (χ4n) is 3.75. The van der Waals surface area contributed by atoms with E-state index in [2.05, 4.69) is 10.4 Å². The summed E-state index contributed by atoms with van der Waals surface area (Å²) in [5, 5.41) is 7.32. The summed E-state index contributed by atoms with van der Waals surface area (Å²) >= 11 is 0. The molecule has 1 unspecified atom stereocenters. The minimum absolute atomic E-state index is 0.325. The topological polar surface area (TPSA) is 73.2 Å². The quantitative estimate of drug-likeness (QED) is 0.418. The van der Waals surface area contributed by atoms with Gasteiger partial charge in [-0.25, -0.2) is 13.9 Å². The second-order valence-corrected chi connectivity index (χ2v) is 8.15. The average molecular weight is 450 g/mol. The molecule has 172 valence electrons. The fraction of sp³-hybridized carbons (Fsp3) is 0.269. The molecule has 7 heteroatoms. The van der Waals surface area contributed by atoms with E-state index in [1.165, 1.54) is 25.1 Å². The third-order valence-corrected chi connectivity index (χ3v) is 5.39. The van der Waals surface area contributed by atoms with Crippen molar-refractivity contribution in [2.24, 2.45) is 0 Å². The van der Waals surface area contributed by atoms with Crippen LogP contribution < -0.4 is 5.32 Å². The maximum absolute atomic E-state index is 13.2. The standard InChI is InChI=1S/C26H28FN3O3/c1-15-13-16(2)25(17(3)14-15)28-26(32)20(6)33-24(31)12-11-23-18(4)29-30(19(23)5)22-9-7-21(27)8-10-22/h7-14,20H,1-6H3,(H,28,32)/b12-11+. The molecule has 0 aliphatic heterocycles. The van der Waals surface area contributed by atoms with Crippen LogP contribution in [-0.4, -0.2) is 27.8 Å². The molecular weight excluding hydrogens is 421 g/mol. The van der Waals surface area contributed by atoms with Gasteiger partial charge < -0.3 is 10.1 Å². The number of nitrogens with one attached hydrogen (secondary N) is 1. The molecule has 1 atom stereocenters. The Labute approximate surface area is 193 Å². The highest BCUT2D eigenvalue weighted by molar-refractivity contribution is 5.97. The molecule has 0 aliphatic carbocycles. The predicted molar refractivity (Wildman–Crippen MR) is 127 cm³/mol. The molecule has 0 radical (unpaired) electrons. The van der Waals surface area contributed by atoms with E-state index in [1.54, 1.807) is 22.9 Å². The fourth-order valence-corrected chi connectivity index (χ4v) is 3.75. The van der Waals surface area contributed by atoms with Gasteiger partial charge in [0.25, 0.3) is 5.91 Å². The van der Waals surface area contributed by atoms with E-state index in [-0.39, 0.29) is 5.82 Å². The Morgan fingerprint density at radius 2 is 1.67 bits per heavy atom. The molecule has 0 saturated heterocycles. The molecule has 3 rings (SSSR count). The van der Waals surface area contributed by atoms with Crippen LogP contribution in [0.2, 0.25) is 0 Å². The summed E-state index contributed by atoms with van der Waals surface area (Å²) < 4.78 is 20.2. The van der Waals surface area contributed by atoms with Crippen molar-refractivity contribution < 1.29 is 18.7 Å². The number of aryl methyl sites for hydroxylation is 4. The van der Waals surface area contributed by atoms with Gasteiger partial charge in [0.05, 0.1) is 11.4 Å². The Balaban J connectivity index is 1.67. The van der Waals surface area contributed by atoms with Crippen LogP contribution in [0.1, 0.15) is 40.6 Å². The van der Waals surface area contributed by atoms with E-state index in [1.807, 2.05) is 46.8 Å². The van der Waals surface area contributed by atoms with Crippen LogP contribution in [0.3, 0.4) is 0 Å². The summed E-state index contributed by atoms with van der Waals surface area (Å²) in [6.45, 7) is 11.0. The summed E-state index contributed by atoms with van der Waals surface area (Å²) in [4.78, 5) is 24.9. The lowest BCUT2D eigenvalue weighted by molar-refractivity contribution is -0.148. The first-order valence-electron chi connectivity index (χ1n) is 10.7. The molecule has 1 amide bonds. The first kappa shape index (κ1) is 23.9. The Bertz CT molecular complexity index is 1200. The smallest absolute Gasteiger partial charge is 0.331 e. The van der Waals surface area contributed by atoms with Crippen LogP contribution in [-0.2, 0) is 14.3 Å². The molecule has 3 aromatic rings. The SMILES string of the molecule is Cc1cc(C)c(NC(=O)C(C)OC(=O)/C=C/c2c(C)nn(-c3ccc(F)cc3)c2C)c(C)c1. The number of hydrogen-bond acceptors (Lipinski definition) is 4. The molecule has 0 saturated carbocycles. The van der Waals surface area contributed by atoms with Gasteiger partial charge in [0.15, 0.2) is 6.10 Å². The zero-order chi connectivity index (χ0) is 24.3. The van der Waals surface area contributed by atoms with Gasteiger partial charge in [-0.15, -0.1) is 0 Å². The van der Waals surface area contributed by atoms with Gasteiger partial charge in [-0.2, -0.15) is 5.10 Å². The third-order valence-electron chi connectivity index (χ3n) is 5.39. The van der Waals surface area contributed by atoms with Gasteiger partial charge in [-0.05, 0) is 83.0 Å². The summed E-state index contributed by atoms with van der Waals surface area (Å²) in [5.74, 6) is -1.36. The molecule has 0 aliphatic rings. The molecule has 0 bridgehead atoms. The molecule has 33 heavy (non-hydrogen) atoms. The maximum atomic E-state index is 13.2. The number of aromatic nitrogens is 2. The second-order valence-electron chi connectivity index (χ2n) is 8.15. The molecule has 1 aromatic heterocycles. The molecular formula is C26H28FN3O3. The zero-order valence-corrected chi connectivity index (χ0v) is 19.7. The number of anilines is 1. The lowest BCUT2D eigenvalue weighted by Crippen LogP contribution is -2.30. The van der Waals surface area contributed by atoms with Crippen LogP contribution in [0.5, 0.6) is 0 Å². The van der Waals surface area contributed by atoms with Gasteiger partial charge in [0.1, 0.15) is 5.82 Å². The average Bonchev–Trinajstić information content (AvgIpc) is 3.02. The Morgan fingerprint density at radius 3 is 2.27 bits per heavy atom. The van der Waals surface area contributed by atoms with Gasteiger partial charge in [0.2, 0.25) is 0 Å². The Kier molecular flexibility index (Phi) is 7.11. The van der Waals surface area contributed by atoms with Crippen LogP contribution in [0.15, 0.2) is 42.5 Å². The van der Waals surface area contributed by atoms with Crippen LogP contribution in [0.25, 0.3) is 11.8 Å². The number of hydrogen-bond donors (Lipinski definition) is 1. The highest BCUT2D eigenvalue weighted by atomic mass is 19.1. The van der Waals surface area contributed by atoms with E-state index < -0.39 is 18.0 Å².